The third kappa shape index (κ3) is 2.32. The number of anilines is 1. The van der Waals surface area contributed by atoms with Crippen LogP contribution in [0.4, 0.5) is 5.69 Å². The van der Waals surface area contributed by atoms with Crippen LogP contribution in [0.25, 0.3) is 0 Å². The number of nitrogen functional groups attached to an aromatic ring is 1. The van der Waals surface area contributed by atoms with E-state index in [1.54, 1.807) is 13.8 Å². The van der Waals surface area contributed by atoms with Crippen LogP contribution in [0, 0.1) is 13.8 Å². The number of aromatic amines is 1. The molecule has 0 atom stereocenters. The summed E-state index contributed by atoms with van der Waals surface area (Å²) < 4.78 is 27.1. The maximum atomic E-state index is 12.8. The number of nitrogens with zero attached hydrogens (tertiary/aromatic N) is 2. The topological polar surface area (TPSA) is 92.1 Å². The molecule has 0 amide bonds. The Kier molecular flexibility index (Phi) is 3.26. The molecule has 0 unspecified atom stereocenters. The maximum Gasteiger partial charge on any atom is 0.247 e. The first-order valence-electron chi connectivity index (χ1n) is 6.78. The minimum Gasteiger partial charge on any atom is -0.399 e. The molecule has 112 valence electrons. The first-order chi connectivity index (χ1) is 9.89. The molecule has 0 saturated heterocycles. The number of fused-ring (bicyclic) bond motifs is 1. The third-order valence-corrected chi connectivity index (χ3v) is 5.97. The summed E-state index contributed by atoms with van der Waals surface area (Å²) >= 11 is 0. The maximum absolute atomic E-state index is 12.8. The molecule has 2 heterocycles. The monoisotopic (exact) mass is 306 g/mol. The summed E-state index contributed by atoms with van der Waals surface area (Å²) in [7, 11) is -3.54. The Hall–Kier alpha value is -1.86. The predicted octanol–water partition coefficient (Wildman–Crippen LogP) is 1.36. The normalized spacial score (nSPS) is 15.9. The van der Waals surface area contributed by atoms with Crippen molar-refractivity contribution in [2.24, 2.45) is 0 Å². The van der Waals surface area contributed by atoms with Crippen LogP contribution in [0.1, 0.15) is 22.5 Å². The molecule has 21 heavy (non-hydrogen) atoms. The van der Waals surface area contributed by atoms with Crippen molar-refractivity contribution in [2.45, 2.75) is 31.7 Å². The summed E-state index contributed by atoms with van der Waals surface area (Å²) in [6, 6.07) is 5.68. The van der Waals surface area contributed by atoms with Crippen molar-refractivity contribution < 1.29 is 8.42 Å². The fourth-order valence-electron chi connectivity index (χ4n) is 2.81. The van der Waals surface area contributed by atoms with Gasteiger partial charge in [0.15, 0.2) is 0 Å². The summed E-state index contributed by atoms with van der Waals surface area (Å²) in [5, 5.41) is 6.72. The van der Waals surface area contributed by atoms with Gasteiger partial charge in [0.1, 0.15) is 4.90 Å². The van der Waals surface area contributed by atoms with Crippen molar-refractivity contribution in [3.63, 3.8) is 0 Å². The Bertz CT molecular complexity index is 776. The van der Waals surface area contributed by atoms with Gasteiger partial charge in [-0.05, 0) is 43.5 Å². The van der Waals surface area contributed by atoms with Gasteiger partial charge >= 0.3 is 0 Å². The largest absolute Gasteiger partial charge is 0.399 e. The molecule has 3 N–H and O–H groups in total. The zero-order valence-corrected chi connectivity index (χ0v) is 12.9. The molecule has 1 aromatic carbocycles. The number of aromatic nitrogens is 2. The molecular weight excluding hydrogens is 288 g/mol. The molecule has 0 radical (unpaired) electrons. The van der Waals surface area contributed by atoms with E-state index in [1.165, 1.54) is 4.31 Å². The predicted molar refractivity (Wildman–Crippen MR) is 80.2 cm³/mol. The first-order valence-corrected chi connectivity index (χ1v) is 8.22. The molecule has 6 nitrogen and oxygen atoms in total. The summed E-state index contributed by atoms with van der Waals surface area (Å²) in [4.78, 5) is 0.287. The number of nitrogens with one attached hydrogen (secondary N) is 1. The molecule has 0 aliphatic carbocycles. The number of hydrogen-bond acceptors (Lipinski definition) is 4. The molecule has 0 saturated carbocycles. The van der Waals surface area contributed by atoms with Crippen molar-refractivity contribution >= 4 is 15.7 Å². The quantitative estimate of drug-likeness (QED) is 0.819. The number of benzene rings is 1. The lowest BCUT2D eigenvalue weighted by atomic mass is 10.0. The lowest BCUT2D eigenvalue weighted by molar-refractivity contribution is 0.391. The summed E-state index contributed by atoms with van der Waals surface area (Å²) in [6.45, 7) is 4.26. The van der Waals surface area contributed by atoms with Crippen LogP contribution in [-0.2, 0) is 23.0 Å². The minimum atomic E-state index is -3.54. The van der Waals surface area contributed by atoms with Crippen molar-refractivity contribution in [1.29, 1.82) is 0 Å². The van der Waals surface area contributed by atoms with E-state index < -0.39 is 10.0 Å². The van der Waals surface area contributed by atoms with Gasteiger partial charge in [0.25, 0.3) is 0 Å². The Labute approximate surface area is 124 Å². The highest BCUT2D eigenvalue weighted by atomic mass is 32.2. The molecule has 3 rings (SSSR count). The van der Waals surface area contributed by atoms with E-state index in [0.717, 1.165) is 11.1 Å². The van der Waals surface area contributed by atoms with E-state index in [9.17, 15) is 8.42 Å². The second kappa shape index (κ2) is 4.85. The molecule has 7 heteroatoms. The SMILES string of the molecule is Cc1n[nH]c(C)c1S(=O)(=O)N1CCc2ccc(N)cc2C1. The summed E-state index contributed by atoms with van der Waals surface area (Å²) in [6.07, 6.45) is 0.699. The van der Waals surface area contributed by atoms with E-state index in [1.807, 2.05) is 18.2 Å². The lowest BCUT2D eigenvalue weighted by Gasteiger charge is -2.28. The molecule has 1 aliphatic rings. The van der Waals surface area contributed by atoms with Crippen LogP contribution in [0.2, 0.25) is 0 Å². The zero-order valence-electron chi connectivity index (χ0n) is 12.0. The van der Waals surface area contributed by atoms with Crippen molar-refractivity contribution in [1.82, 2.24) is 14.5 Å². The van der Waals surface area contributed by atoms with Crippen LogP contribution in [0.3, 0.4) is 0 Å². The number of nitrogens with two attached hydrogens (primary N) is 1. The highest BCUT2D eigenvalue weighted by molar-refractivity contribution is 7.89. The van der Waals surface area contributed by atoms with Gasteiger partial charge in [-0.15, -0.1) is 0 Å². The zero-order chi connectivity index (χ0) is 15.2. The van der Waals surface area contributed by atoms with Gasteiger partial charge in [-0.2, -0.15) is 9.40 Å². The minimum absolute atomic E-state index is 0.287. The van der Waals surface area contributed by atoms with Gasteiger partial charge in [-0.1, -0.05) is 6.07 Å². The highest BCUT2D eigenvalue weighted by Gasteiger charge is 2.32. The second-order valence-electron chi connectivity index (χ2n) is 5.38. The van der Waals surface area contributed by atoms with Crippen LogP contribution in [-0.4, -0.2) is 29.5 Å². The van der Waals surface area contributed by atoms with Crippen molar-refractivity contribution in [3.8, 4) is 0 Å². The number of aryl methyl sites for hydroxylation is 2. The number of rotatable bonds is 2. The number of H-pyrrole nitrogens is 1. The van der Waals surface area contributed by atoms with Crippen LogP contribution in [0.15, 0.2) is 23.1 Å². The molecule has 1 aliphatic heterocycles. The Balaban J connectivity index is 1.99. The third-order valence-electron chi connectivity index (χ3n) is 3.87. The molecule has 2 aromatic rings. The molecule has 0 bridgehead atoms. The Morgan fingerprint density at radius 2 is 2.05 bits per heavy atom. The Morgan fingerprint density at radius 3 is 2.71 bits per heavy atom. The van der Waals surface area contributed by atoms with Gasteiger partial charge in [-0.3, -0.25) is 5.10 Å². The van der Waals surface area contributed by atoms with Gasteiger partial charge < -0.3 is 5.73 Å². The average molecular weight is 306 g/mol. The highest BCUT2D eigenvalue weighted by Crippen LogP contribution is 2.28. The first kappa shape index (κ1) is 14.1. The van der Waals surface area contributed by atoms with Gasteiger partial charge in [0, 0.05) is 18.8 Å². The fraction of sp³-hybridized carbons (Fsp3) is 0.357. The summed E-state index contributed by atoms with van der Waals surface area (Å²) in [5.74, 6) is 0. The molecule has 0 spiro atoms. The van der Waals surface area contributed by atoms with Crippen LogP contribution >= 0.6 is 0 Å². The summed E-state index contributed by atoms with van der Waals surface area (Å²) in [5.41, 5.74) is 9.67. The van der Waals surface area contributed by atoms with E-state index in [-0.39, 0.29) is 4.90 Å². The lowest BCUT2D eigenvalue weighted by Crippen LogP contribution is -2.36. The fourth-order valence-corrected chi connectivity index (χ4v) is 4.56. The van der Waals surface area contributed by atoms with Crippen LogP contribution < -0.4 is 5.73 Å². The number of sulfonamides is 1. The van der Waals surface area contributed by atoms with E-state index in [0.29, 0.717) is 36.6 Å². The Morgan fingerprint density at radius 1 is 1.29 bits per heavy atom. The van der Waals surface area contributed by atoms with E-state index >= 15 is 0 Å². The van der Waals surface area contributed by atoms with E-state index in [4.69, 9.17) is 5.73 Å². The number of hydrogen-bond donors (Lipinski definition) is 2. The van der Waals surface area contributed by atoms with Crippen molar-refractivity contribution in [3.05, 3.63) is 40.7 Å². The second-order valence-corrected chi connectivity index (χ2v) is 7.25. The van der Waals surface area contributed by atoms with Crippen molar-refractivity contribution in [2.75, 3.05) is 12.3 Å². The molecule has 0 fully saturated rings. The standard InChI is InChI=1S/C14H18N4O2S/c1-9-14(10(2)17-16-9)21(19,20)18-6-5-11-3-4-13(15)7-12(11)8-18/h3-4,7H,5-6,8,15H2,1-2H3,(H,16,17). The molecule has 1 aromatic heterocycles. The van der Waals surface area contributed by atoms with Crippen LogP contribution in [0.5, 0.6) is 0 Å². The van der Waals surface area contributed by atoms with Gasteiger partial charge in [0.05, 0.1) is 11.4 Å². The van der Waals surface area contributed by atoms with E-state index in [2.05, 4.69) is 10.2 Å². The smallest absolute Gasteiger partial charge is 0.247 e. The average Bonchev–Trinajstić information content (AvgIpc) is 2.77. The van der Waals surface area contributed by atoms with Gasteiger partial charge in [0.2, 0.25) is 10.0 Å². The van der Waals surface area contributed by atoms with Gasteiger partial charge in [-0.25, -0.2) is 8.42 Å². The molecular formula is C14H18N4O2S.